The zero-order valence-electron chi connectivity index (χ0n) is 15.6. The van der Waals surface area contributed by atoms with Crippen molar-refractivity contribution in [1.82, 2.24) is 20.1 Å². The van der Waals surface area contributed by atoms with E-state index in [9.17, 15) is 13.2 Å². The lowest BCUT2D eigenvalue weighted by atomic mass is 10.1. The van der Waals surface area contributed by atoms with Crippen LogP contribution in [0.15, 0.2) is 24.4 Å². The number of fused-ring (bicyclic) bond motifs is 1. The van der Waals surface area contributed by atoms with E-state index in [4.69, 9.17) is 4.74 Å². The third kappa shape index (κ3) is 4.63. The number of rotatable bonds is 7. The van der Waals surface area contributed by atoms with E-state index >= 15 is 0 Å². The Balaban J connectivity index is 1.60. The van der Waals surface area contributed by atoms with E-state index in [1.54, 1.807) is 14.0 Å². The van der Waals surface area contributed by atoms with Gasteiger partial charge in [0, 0.05) is 30.7 Å². The van der Waals surface area contributed by atoms with Gasteiger partial charge in [-0.2, -0.15) is 18.3 Å². The summed E-state index contributed by atoms with van der Waals surface area (Å²) in [7, 11) is 1.58. The Labute approximate surface area is 155 Å². The fourth-order valence-corrected chi connectivity index (χ4v) is 3.16. The van der Waals surface area contributed by atoms with Crippen LogP contribution < -0.4 is 10.1 Å². The number of aromatic nitrogens is 3. The highest BCUT2D eigenvalue weighted by Crippen LogP contribution is 2.24. The zero-order valence-corrected chi connectivity index (χ0v) is 15.6. The quantitative estimate of drug-likeness (QED) is 0.613. The van der Waals surface area contributed by atoms with Gasteiger partial charge in [-0.3, -0.25) is 0 Å². The van der Waals surface area contributed by atoms with E-state index in [0.717, 1.165) is 11.9 Å². The molecule has 0 unspecified atom stereocenters. The fourth-order valence-electron chi connectivity index (χ4n) is 3.16. The van der Waals surface area contributed by atoms with E-state index < -0.39 is 12.8 Å². The predicted molar refractivity (Wildman–Crippen MR) is 97.9 cm³/mol. The molecular weight excluding hydrogens is 357 g/mol. The highest BCUT2D eigenvalue weighted by molar-refractivity contribution is 5.83. The molecule has 8 heteroatoms. The summed E-state index contributed by atoms with van der Waals surface area (Å²) in [5.74, 6) is 0.153. The molecule has 146 valence electrons. The Bertz CT molecular complexity index is 927. The summed E-state index contributed by atoms with van der Waals surface area (Å²) in [6, 6.07) is 6.29. The number of hydrogen-bond acceptors (Lipinski definition) is 3. The van der Waals surface area contributed by atoms with Gasteiger partial charge >= 0.3 is 6.18 Å². The highest BCUT2D eigenvalue weighted by atomic mass is 19.4. The second-order valence-electron chi connectivity index (χ2n) is 6.69. The second-order valence-corrected chi connectivity index (χ2v) is 6.69. The number of nitrogens with one attached hydrogen (secondary N) is 2. The average molecular weight is 380 g/mol. The summed E-state index contributed by atoms with van der Waals surface area (Å²) in [5, 5.41) is 8.64. The molecule has 0 aliphatic carbocycles. The summed E-state index contributed by atoms with van der Waals surface area (Å²) in [5.41, 5.74) is 4.82. The molecule has 0 radical (unpaired) electrons. The van der Waals surface area contributed by atoms with Crippen molar-refractivity contribution in [1.29, 1.82) is 0 Å². The van der Waals surface area contributed by atoms with Gasteiger partial charge in [0.2, 0.25) is 5.88 Å². The van der Waals surface area contributed by atoms with Crippen molar-refractivity contribution in [3.63, 3.8) is 0 Å². The summed E-state index contributed by atoms with van der Waals surface area (Å²) in [6.45, 7) is 3.57. The average Bonchev–Trinajstić information content (AvgIpc) is 3.09. The van der Waals surface area contributed by atoms with Crippen LogP contribution >= 0.6 is 0 Å². The maximum absolute atomic E-state index is 12.5. The van der Waals surface area contributed by atoms with Gasteiger partial charge < -0.3 is 15.0 Å². The molecule has 0 saturated carbocycles. The van der Waals surface area contributed by atoms with Crippen molar-refractivity contribution in [3.05, 3.63) is 46.8 Å². The minimum absolute atomic E-state index is 0.153. The molecule has 0 atom stereocenters. The summed E-state index contributed by atoms with van der Waals surface area (Å²) < 4.78 is 43.7. The van der Waals surface area contributed by atoms with E-state index in [2.05, 4.69) is 40.5 Å². The second kappa shape index (κ2) is 7.64. The SMILES string of the molecule is Cc1ccc2c(CCNCc3c(C)nn(C)c3OCC(F)(F)F)c[nH]c2c1. The summed E-state index contributed by atoms with van der Waals surface area (Å²) >= 11 is 0. The van der Waals surface area contributed by atoms with E-state index in [1.807, 2.05) is 6.20 Å². The minimum Gasteiger partial charge on any atom is -0.468 e. The van der Waals surface area contributed by atoms with Crippen LogP contribution in [-0.4, -0.2) is 34.1 Å². The molecule has 5 nitrogen and oxygen atoms in total. The van der Waals surface area contributed by atoms with Crippen LogP contribution in [0.5, 0.6) is 5.88 Å². The Morgan fingerprint density at radius 1 is 1.26 bits per heavy atom. The first-order valence-electron chi connectivity index (χ1n) is 8.74. The molecule has 0 saturated heterocycles. The normalized spacial score (nSPS) is 12.1. The number of nitrogens with zero attached hydrogens (tertiary/aromatic N) is 2. The largest absolute Gasteiger partial charge is 0.468 e. The van der Waals surface area contributed by atoms with Gasteiger partial charge in [0.1, 0.15) is 0 Å². The Morgan fingerprint density at radius 2 is 2.04 bits per heavy atom. The molecule has 1 aromatic carbocycles. The van der Waals surface area contributed by atoms with Crippen LogP contribution in [0.3, 0.4) is 0 Å². The molecular formula is C19H23F3N4O. The monoisotopic (exact) mass is 380 g/mol. The molecule has 27 heavy (non-hydrogen) atoms. The van der Waals surface area contributed by atoms with Gasteiger partial charge in [0.25, 0.3) is 0 Å². The van der Waals surface area contributed by atoms with Crippen molar-refractivity contribution >= 4 is 10.9 Å². The van der Waals surface area contributed by atoms with Gasteiger partial charge in [-0.25, -0.2) is 4.68 Å². The first-order chi connectivity index (χ1) is 12.7. The van der Waals surface area contributed by atoms with Crippen LogP contribution in [0.2, 0.25) is 0 Å². The third-order valence-corrected chi connectivity index (χ3v) is 4.46. The smallest absolute Gasteiger partial charge is 0.422 e. The molecule has 2 N–H and O–H groups in total. The van der Waals surface area contributed by atoms with Crippen molar-refractivity contribution in [2.75, 3.05) is 13.2 Å². The van der Waals surface area contributed by atoms with Crippen molar-refractivity contribution in [2.24, 2.45) is 7.05 Å². The number of alkyl halides is 3. The van der Waals surface area contributed by atoms with Gasteiger partial charge in [0.15, 0.2) is 6.61 Å². The number of hydrogen-bond donors (Lipinski definition) is 2. The number of benzene rings is 1. The number of ether oxygens (including phenoxy) is 1. The van der Waals surface area contributed by atoms with Gasteiger partial charge in [-0.05, 0) is 44.0 Å². The maximum atomic E-state index is 12.5. The van der Waals surface area contributed by atoms with Crippen molar-refractivity contribution < 1.29 is 17.9 Å². The molecule has 0 fully saturated rings. The van der Waals surface area contributed by atoms with Crippen LogP contribution in [0.1, 0.15) is 22.4 Å². The first kappa shape index (κ1) is 19.3. The first-order valence-corrected chi connectivity index (χ1v) is 8.74. The van der Waals surface area contributed by atoms with E-state index in [1.165, 1.54) is 21.2 Å². The van der Waals surface area contributed by atoms with Crippen LogP contribution in [-0.2, 0) is 20.0 Å². The van der Waals surface area contributed by atoms with E-state index in [0.29, 0.717) is 24.3 Å². The lowest BCUT2D eigenvalue weighted by molar-refractivity contribution is -0.154. The number of halogens is 3. The molecule has 0 spiro atoms. The molecule has 3 aromatic rings. The zero-order chi connectivity index (χ0) is 19.6. The van der Waals surface area contributed by atoms with Gasteiger partial charge in [0.05, 0.1) is 11.3 Å². The summed E-state index contributed by atoms with van der Waals surface area (Å²) in [4.78, 5) is 3.27. The molecule has 2 heterocycles. The maximum Gasteiger partial charge on any atom is 0.422 e. The Morgan fingerprint density at radius 3 is 2.78 bits per heavy atom. The topological polar surface area (TPSA) is 54.9 Å². The number of aryl methyl sites for hydroxylation is 3. The van der Waals surface area contributed by atoms with Crippen molar-refractivity contribution in [2.45, 2.75) is 33.0 Å². The molecule has 0 aliphatic rings. The molecule has 0 bridgehead atoms. The molecule has 0 aliphatic heterocycles. The fraction of sp³-hybridized carbons (Fsp3) is 0.421. The summed E-state index contributed by atoms with van der Waals surface area (Å²) in [6.07, 6.45) is -1.57. The lowest BCUT2D eigenvalue weighted by Crippen LogP contribution is -2.22. The van der Waals surface area contributed by atoms with E-state index in [-0.39, 0.29) is 5.88 Å². The van der Waals surface area contributed by atoms with Crippen LogP contribution in [0.4, 0.5) is 13.2 Å². The molecule has 0 amide bonds. The van der Waals surface area contributed by atoms with Crippen LogP contribution in [0, 0.1) is 13.8 Å². The van der Waals surface area contributed by atoms with Gasteiger partial charge in [-0.15, -0.1) is 0 Å². The number of H-pyrrole nitrogens is 1. The van der Waals surface area contributed by atoms with Gasteiger partial charge in [-0.1, -0.05) is 12.1 Å². The highest BCUT2D eigenvalue weighted by Gasteiger charge is 2.30. The predicted octanol–water partition coefficient (Wildman–Crippen LogP) is 3.79. The molecule has 2 aromatic heterocycles. The van der Waals surface area contributed by atoms with Crippen LogP contribution in [0.25, 0.3) is 10.9 Å². The molecule has 3 rings (SSSR count). The lowest BCUT2D eigenvalue weighted by Gasteiger charge is -2.12. The Kier molecular flexibility index (Phi) is 5.46. The third-order valence-electron chi connectivity index (χ3n) is 4.46. The Hall–Kier alpha value is -2.48. The minimum atomic E-state index is -4.38. The standard InChI is InChI=1S/C19H23F3N4O/c1-12-4-5-15-14(9-24-17(15)8-12)6-7-23-10-16-13(2)25-26(3)18(16)27-11-19(20,21)22/h4-5,8-9,23-24H,6-7,10-11H2,1-3H3. The number of aromatic amines is 1. The van der Waals surface area contributed by atoms with Crippen molar-refractivity contribution in [3.8, 4) is 5.88 Å².